The number of carbonyl (C=O) groups excluding carboxylic acids is 2. The fourth-order valence-corrected chi connectivity index (χ4v) is 3.95. The molecule has 3 aromatic carbocycles. The summed E-state index contributed by atoms with van der Waals surface area (Å²) in [4.78, 5) is 28.7. The maximum absolute atomic E-state index is 13.6. The van der Waals surface area contributed by atoms with Crippen LogP contribution in [0.15, 0.2) is 78.9 Å². The van der Waals surface area contributed by atoms with Gasteiger partial charge in [-0.1, -0.05) is 80.0 Å². The molecule has 0 spiro atoms. The average molecular weight is 495 g/mol. The summed E-state index contributed by atoms with van der Waals surface area (Å²) in [6.07, 6.45) is 1.35. The van der Waals surface area contributed by atoms with Gasteiger partial charge in [-0.15, -0.1) is 0 Å². The molecule has 0 radical (unpaired) electrons. The van der Waals surface area contributed by atoms with Crippen LogP contribution in [0.1, 0.15) is 37.0 Å². The number of carbonyl (C=O) groups is 2. The molecule has 35 heavy (non-hydrogen) atoms. The predicted molar refractivity (Wildman–Crippen MR) is 139 cm³/mol. The molecule has 4 nitrogen and oxygen atoms in total. The van der Waals surface area contributed by atoms with Crippen molar-refractivity contribution >= 4 is 23.4 Å². The number of nitrogens with zero attached hydrogens (tertiary/aromatic N) is 1. The minimum Gasteiger partial charge on any atom is -0.354 e. The molecule has 0 saturated carbocycles. The summed E-state index contributed by atoms with van der Waals surface area (Å²) in [6.45, 7) is 4.94. The molecular weight excluding hydrogens is 463 g/mol. The third-order valence-corrected chi connectivity index (χ3v) is 6.08. The van der Waals surface area contributed by atoms with Gasteiger partial charge in [-0.05, 0) is 53.3 Å². The third-order valence-electron chi connectivity index (χ3n) is 5.83. The zero-order chi connectivity index (χ0) is 25.2. The van der Waals surface area contributed by atoms with Gasteiger partial charge >= 0.3 is 0 Å². The first-order valence-electron chi connectivity index (χ1n) is 11.9. The fourth-order valence-electron chi connectivity index (χ4n) is 3.82. The molecule has 1 atom stereocenters. The van der Waals surface area contributed by atoms with Crippen LogP contribution < -0.4 is 5.32 Å². The Morgan fingerprint density at radius 3 is 2.14 bits per heavy atom. The molecule has 1 unspecified atom stereocenters. The van der Waals surface area contributed by atoms with Crippen LogP contribution in [0.25, 0.3) is 0 Å². The molecule has 1 N–H and O–H groups in total. The number of rotatable bonds is 11. The molecule has 2 amide bonds. The largest absolute Gasteiger partial charge is 0.354 e. The van der Waals surface area contributed by atoms with E-state index >= 15 is 0 Å². The lowest BCUT2D eigenvalue weighted by Crippen LogP contribution is -2.51. The van der Waals surface area contributed by atoms with E-state index in [1.165, 1.54) is 12.1 Å². The fraction of sp³-hybridized carbons (Fsp3) is 0.310. The Balaban J connectivity index is 1.91. The van der Waals surface area contributed by atoms with Gasteiger partial charge in [0, 0.05) is 24.5 Å². The second kappa shape index (κ2) is 13.1. The maximum Gasteiger partial charge on any atom is 0.243 e. The highest BCUT2D eigenvalue weighted by atomic mass is 35.5. The first-order chi connectivity index (χ1) is 16.8. The van der Waals surface area contributed by atoms with E-state index in [1.54, 1.807) is 29.2 Å². The smallest absolute Gasteiger partial charge is 0.243 e. The normalized spacial score (nSPS) is 11.8. The van der Waals surface area contributed by atoms with Crippen LogP contribution in [0.2, 0.25) is 5.02 Å². The van der Waals surface area contributed by atoms with Crippen molar-refractivity contribution < 1.29 is 14.0 Å². The van der Waals surface area contributed by atoms with Crippen molar-refractivity contribution in [3.05, 3.63) is 106 Å². The van der Waals surface area contributed by atoms with E-state index in [1.807, 2.05) is 42.5 Å². The average Bonchev–Trinajstić information content (AvgIpc) is 2.84. The van der Waals surface area contributed by atoms with Gasteiger partial charge in [0.1, 0.15) is 11.9 Å². The molecular formula is C29H32ClFN2O2. The van der Waals surface area contributed by atoms with Gasteiger partial charge in [-0.2, -0.15) is 0 Å². The highest BCUT2D eigenvalue weighted by Gasteiger charge is 2.30. The summed E-state index contributed by atoms with van der Waals surface area (Å²) < 4.78 is 13.5. The second-order valence-electron chi connectivity index (χ2n) is 9.13. The van der Waals surface area contributed by atoms with Gasteiger partial charge < -0.3 is 10.2 Å². The van der Waals surface area contributed by atoms with Crippen LogP contribution in [0.5, 0.6) is 0 Å². The SMILES string of the molecule is CC(C)CCNC(=O)C(Cc1ccccc1)N(Cc1ccc(F)cc1)C(=O)Cc1ccc(Cl)cc1. The van der Waals surface area contributed by atoms with E-state index in [4.69, 9.17) is 11.6 Å². The number of benzene rings is 3. The van der Waals surface area contributed by atoms with Gasteiger partial charge in [0.25, 0.3) is 0 Å². The van der Waals surface area contributed by atoms with Crippen molar-refractivity contribution in [3.63, 3.8) is 0 Å². The predicted octanol–water partition coefficient (Wildman–Crippen LogP) is 5.82. The summed E-state index contributed by atoms with van der Waals surface area (Å²) in [7, 11) is 0. The molecule has 0 bridgehead atoms. The van der Waals surface area contributed by atoms with Crippen molar-refractivity contribution in [2.75, 3.05) is 6.54 Å². The van der Waals surface area contributed by atoms with E-state index in [0.717, 1.165) is 23.1 Å². The van der Waals surface area contributed by atoms with Gasteiger partial charge in [0.2, 0.25) is 11.8 Å². The summed E-state index contributed by atoms with van der Waals surface area (Å²) in [5.74, 6) is -0.276. The molecule has 0 aromatic heterocycles. The molecule has 0 aliphatic rings. The standard InChI is InChI=1S/C29H32ClFN2O2/c1-21(2)16-17-32-29(35)27(18-22-6-4-3-5-7-22)33(20-24-10-14-26(31)15-11-24)28(34)19-23-8-12-25(30)13-9-23/h3-15,21,27H,16-20H2,1-2H3,(H,32,35). The van der Waals surface area contributed by atoms with Crippen molar-refractivity contribution in [1.29, 1.82) is 0 Å². The van der Waals surface area contributed by atoms with Crippen LogP contribution >= 0.6 is 11.6 Å². The van der Waals surface area contributed by atoms with Crippen molar-refractivity contribution in [2.45, 2.75) is 45.7 Å². The van der Waals surface area contributed by atoms with E-state index in [9.17, 15) is 14.0 Å². The topological polar surface area (TPSA) is 49.4 Å². The monoisotopic (exact) mass is 494 g/mol. The lowest BCUT2D eigenvalue weighted by atomic mass is 10.0. The molecule has 0 fully saturated rings. The summed E-state index contributed by atoms with van der Waals surface area (Å²) in [5.41, 5.74) is 2.52. The van der Waals surface area contributed by atoms with E-state index in [-0.39, 0.29) is 30.6 Å². The third kappa shape index (κ3) is 8.52. The summed E-state index contributed by atoms with van der Waals surface area (Å²) in [6, 6.07) is 22.1. The number of halogens is 2. The molecule has 3 rings (SSSR count). The Hall–Kier alpha value is -3.18. The highest BCUT2D eigenvalue weighted by molar-refractivity contribution is 6.30. The molecule has 184 valence electrons. The Morgan fingerprint density at radius 2 is 1.51 bits per heavy atom. The van der Waals surface area contributed by atoms with Crippen molar-refractivity contribution in [2.24, 2.45) is 5.92 Å². The van der Waals surface area contributed by atoms with Crippen molar-refractivity contribution in [3.8, 4) is 0 Å². The molecule has 6 heteroatoms. The molecule has 0 heterocycles. The highest BCUT2D eigenvalue weighted by Crippen LogP contribution is 2.18. The molecule has 0 saturated heterocycles. The number of hydrogen-bond acceptors (Lipinski definition) is 2. The Bertz CT molecular complexity index is 1090. The van der Waals surface area contributed by atoms with Crippen LogP contribution in [0, 0.1) is 11.7 Å². The van der Waals surface area contributed by atoms with E-state index < -0.39 is 6.04 Å². The lowest BCUT2D eigenvalue weighted by Gasteiger charge is -2.32. The Morgan fingerprint density at radius 1 is 0.886 bits per heavy atom. The zero-order valence-electron chi connectivity index (χ0n) is 20.2. The van der Waals surface area contributed by atoms with Crippen LogP contribution in [-0.2, 0) is 29.0 Å². The van der Waals surface area contributed by atoms with Gasteiger partial charge in [-0.25, -0.2) is 4.39 Å². The Kier molecular flexibility index (Phi) is 9.86. The number of hydrogen-bond donors (Lipinski definition) is 1. The van der Waals surface area contributed by atoms with Gasteiger partial charge in [0.15, 0.2) is 0 Å². The zero-order valence-corrected chi connectivity index (χ0v) is 21.0. The quantitative estimate of drug-likeness (QED) is 0.365. The van der Waals surface area contributed by atoms with Crippen LogP contribution in [0.4, 0.5) is 4.39 Å². The number of nitrogens with one attached hydrogen (secondary N) is 1. The van der Waals surface area contributed by atoms with E-state index in [0.29, 0.717) is 23.9 Å². The molecule has 0 aliphatic carbocycles. The van der Waals surface area contributed by atoms with E-state index in [2.05, 4.69) is 19.2 Å². The molecule has 3 aromatic rings. The minimum atomic E-state index is -0.714. The van der Waals surface area contributed by atoms with Gasteiger partial charge in [-0.3, -0.25) is 9.59 Å². The number of amides is 2. The van der Waals surface area contributed by atoms with Crippen LogP contribution in [0.3, 0.4) is 0 Å². The first kappa shape index (κ1) is 26.4. The first-order valence-corrected chi connectivity index (χ1v) is 12.3. The molecule has 0 aliphatic heterocycles. The lowest BCUT2D eigenvalue weighted by molar-refractivity contribution is -0.140. The van der Waals surface area contributed by atoms with Crippen molar-refractivity contribution in [1.82, 2.24) is 10.2 Å². The Labute approximate surface area is 212 Å². The minimum absolute atomic E-state index is 0.128. The maximum atomic E-state index is 13.6. The van der Waals surface area contributed by atoms with Crippen LogP contribution in [-0.4, -0.2) is 29.3 Å². The second-order valence-corrected chi connectivity index (χ2v) is 9.57. The van der Waals surface area contributed by atoms with Gasteiger partial charge in [0.05, 0.1) is 6.42 Å². The summed E-state index contributed by atoms with van der Waals surface area (Å²) in [5, 5.41) is 3.62. The summed E-state index contributed by atoms with van der Waals surface area (Å²) >= 11 is 6.00.